The van der Waals surface area contributed by atoms with Gasteiger partial charge in [-0.2, -0.15) is 26.3 Å². The van der Waals surface area contributed by atoms with Gasteiger partial charge in [-0.3, -0.25) is 4.79 Å². The van der Waals surface area contributed by atoms with E-state index in [-0.39, 0.29) is 12.8 Å². The minimum atomic E-state index is -5.76. The molecule has 0 N–H and O–H groups in total. The maximum absolute atomic E-state index is 12.6. The first-order chi connectivity index (χ1) is 9.41. The maximum atomic E-state index is 12.6. The number of unbranched alkanes of at least 4 members (excludes halogenated alkanes) is 1. The second kappa shape index (κ2) is 7.35. The number of carbonyl (C=O) groups excluding carboxylic acids is 1. The fourth-order valence-corrected chi connectivity index (χ4v) is 1.63. The third-order valence-electron chi connectivity index (χ3n) is 3.54. The van der Waals surface area contributed by atoms with Gasteiger partial charge in [-0.1, -0.05) is 33.1 Å². The Balaban J connectivity index is 4.95. The minimum absolute atomic E-state index is 0.192. The Labute approximate surface area is 119 Å². The first kappa shape index (κ1) is 20.1. The van der Waals surface area contributed by atoms with Gasteiger partial charge in [0.1, 0.15) is 0 Å². The number of carbonyl (C=O) groups is 1. The summed E-state index contributed by atoms with van der Waals surface area (Å²) in [6.45, 7) is 3.02. The van der Waals surface area contributed by atoms with E-state index in [1.807, 2.05) is 6.92 Å². The van der Waals surface area contributed by atoms with E-state index in [0.717, 1.165) is 12.8 Å². The fraction of sp³-hybridized carbons (Fsp3) is 0.923. The van der Waals surface area contributed by atoms with Gasteiger partial charge >= 0.3 is 18.3 Å². The van der Waals surface area contributed by atoms with E-state index in [1.165, 1.54) is 0 Å². The van der Waals surface area contributed by atoms with E-state index in [4.69, 9.17) is 0 Å². The molecule has 0 aromatic rings. The molecule has 0 aromatic heterocycles. The van der Waals surface area contributed by atoms with Gasteiger partial charge in [0.25, 0.3) is 5.41 Å². The summed E-state index contributed by atoms with van der Waals surface area (Å²) in [5, 5.41) is 0. The predicted octanol–water partition coefficient (Wildman–Crippen LogP) is 4.88. The highest BCUT2D eigenvalue weighted by atomic mass is 19.4. The summed E-state index contributed by atoms with van der Waals surface area (Å²) in [6, 6.07) is 0. The average molecular weight is 322 g/mol. The third kappa shape index (κ3) is 4.78. The summed E-state index contributed by atoms with van der Waals surface area (Å²) >= 11 is 0. The summed E-state index contributed by atoms with van der Waals surface area (Å²) in [7, 11) is 0. The summed E-state index contributed by atoms with van der Waals surface area (Å²) in [6.07, 6.45) is -8.79. The molecule has 1 unspecified atom stereocenters. The van der Waals surface area contributed by atoms with Crippen molar-refractivity contribution in [1.29, 1.82) is 0 Å². The van der Waals surface area contributed by atoms with Crippen molar-refractivity contribution in [3.05, 3.63) is 0 Å². The van der Waals surface area contributed by atoms with E-state index in [9.17, 15) is 31.1 Å². The van der Waals surface area contributed by atoms with Crippen LogP contribution in [0.25, 0.3) is 0 Å². The van der Waals surface area contributed by atoms with Crippen LogP contribution >= 0.6 is 0 Å². The van der Waals surface area contributed by atoms with E-state index in [2.05, 4.69) is 4.74 Å². The standard InChI is InChI=1S/C13H20F6O2/c1-4-6-7-9(5-2)8-21-10(20)11(3,12(14,15)16)13(17,18)19/h9H,4-8H2,1-3H3. The molecule has 0 spiro atoms. The average Bonchev–Trinajstić information content (AvgIpc) is 2.34. The molecule has 0 saturated carbocycles. The number of ether oxygens (including phenoxy) is 1. The van der Waals surface area contributed by atoms with Gasteiger partial charge < -0.3 is 4.74 Å². The van der Waals surface area contributed by atoms with Crippen molar-refractivity contribution >= 4 is 5.97 Å². The highest BCUT2D eigenvalue weighted by Gasteiger charge is 2.73. The summed E-state index contributed by atoms with van der Waals surface area (Å²) < 4.78 is 80.2. The topological polar surface area (TPSA) is 26.3 Å². The third-order valence-corrected chi connectivity index (χ3v) is 3.54. The Bertz CT molecular complexity index is 321. The van der Waals surface area contributed by atoms with Crippen LogP contribution in [0.4, 0.5) is 26.3 Å². The molecule has 0 rings (SSSR count). The van der Waals surface area contributed by atoms with Gasteiger partial charge in [-0.25, -0.2) is 0 Å². The lowest BCUT2D eigenvalue weighted by Gasteiger charge is -2.32. The molecule has 0 radical (unpaired) electrons. The molecule has 21 heavy (non-hydrogen) atoms. The lowest BCUT2D eigenvalue weighted by molar-refractivity contribution is -0.326. The second-order valence-electron chi connectivity index (χ2n) is 5.14. The van der Waals surface area contributed by atoms with E-state index >= 15 is 0 Å². The quantitative estimate of drug-likeness (QED) is 0.493. The molecule has 2 nitrogen and oxygen atoms in total. The highest BCUT2D eigenvalue weighted by molar-refractivity contribution is 5.78. The summed E-state index contributed by atoms with van der Waals surface area (Å²) in [4.78, 5) is 11.4. The molecule has 0 aliphatic carbocycles. The number of hydrogen-bond acceptors (Lipinski definition) is 2. The van der Waals surface area contributed by atoms with Crippen LogP contribution in [0.15, 0.2) is 0 Å². The van der Waals surface area contributed by atoms with Crippen LogP contribution in [0.1, 0.15) is 46.5 Å². The first-order valence-corrected chi connectivity index (χ1v) is 6.72. The zero-order valence-corrected chi connectivity index (χ0v) is 12.2. The molecule has 1 atom stereocenters. The minimum Gasteiger partial charge on any atom is -0.464 e. The number of esters is 1. The molecule has 8 heteroatoms. The van der Waals surface area contributed by atoms with Crippen molar-refractivity contribution < 1.29 is 35.9 Å². The Morgan fingerprint density at radius 2 is 1.52 bits per heavy atom. The Morgan fingerprint density at radius 3 is 1.86 bits per heavy atom. The van der Waals surface area contributed by atoms with Gasteiger partial charge in [0, 0.05) is 0 Å². The Morgan fingerprint density at radius 1 is 1.05 bits per heavy atom. The van der Waals surface area contributed by atoms with Crippen LogP contribution < -0.4 is 0 Å². The first-order valence-electron chi connectivity index (χ1n) is 6.72. The highest BCUT2D eigenvalue weighted by Crippen LogP contribution is 2.50. The zero-order valence-electron chi connectivity index (χ0n) is 12.2. The lowest BCUT2D eigenvalue weighted by atomic mass is 9.89. The number of alkyl halides is 6. The van der Waals surface area contributed by atoms with Crippen LogP contribution in [0, 0.1) is 11.3 Å². The fourth-order valence-electron chi connectivity index (χ4n) is 1.63. The van der Waals surface area contributed by atoms with E-state index in [1.54, 1.807) is 6.92 Å². The SMILES string of the molecule is CCCCC(CC)COC(=O)C(C)(C(F)(F)F)C(F)(F)F. The van der Waals surface area contributed by atoms with Crippen molar-refractivity contribution in [1.82, 2.24) is 0 Å². The van der Waals surface area contributed by atoms with Crippen molar-refractivity contribution in [3.8, 4) is 0 Å². The zero-order chi connectivity index (χ0) is 16.9. The summed E-state index contributed by atoms with van der Waals surface area (Å²) in [5.41, 5.74) is -4.50. The Hall–Kier alpha value is -0.950. The molecule has 0 fully saturated rings. The molecule has 0 heterocycles. The van der Waals surface area contributed by atoms with Crippen molar-refractivity contribution in [2.45, 2.75) is 58.8 Å². The number of hydrogen-bond donors (Lipinski definition) is 0. The van der Waals surface area contributed by atoms with Crippen LogP contribution in [-0.4, -0.2) is 24.9 Å². The van der Waals surface area contributed by atoms with Crippen LogP contribution in [0.3, 0.4) is 0 Å². The van der Waals surface area contributed by atoms with Gasteiger partial charge in [0.2, 0.25) is 0 Å². The molecule has 0 aliphatic heterocycles. The van der Waals surface area contributed by atoms with Gasteiger partial charge in [0.15, 0.2) is 0 Å². The van der Waals surface area contributed by atoms with E-state index < -0.39 is 30.3 Å². The lowest BCUT2D eigenvalue weighted by Crippen LogP contribution is -2.54. The van der Waals surface area contributed by atoms with Gasteiger partial charge in [-0.15, -0.1) is 0 Å². The molecule has 0 saturated heterocycles. The number of halogens is 6. The van der Waals surface area contributed by atoms with Crippen LogP contribution in [-0.2, 0) is 9.53 Å². The smallest absolute Gasteiger partial charge is 0.413 e. The van der Waals surface area contributed by atoms with E-state index in [0.29, 0.717) is 12.8 Å². The van der Waals surface area contributed by atoms with Crippen molar-refractivity contribution in [2.75, 3.05) is 6.61 Å². The van der Waals surface area contributed by atoms with Crippen molar-refractivity contribution in [3.63, 3.8) is 0 Å². The second-order valence-corrected chi connectivity index (χ2v) is 5.14. The number of rotatable bonds is 7. The predicted molar refractivity (Wildman–Crippen MR) is 64.5 cm³/mol. The maximum Gasteiger partial charge on any atom is 0.413 e. The molecule has 0 amide bonds. The monoisotopic (exact) mass is 322 g/mol. The molecular formula is C13H20F6O2. The largest absolute Gasteiger partial charge is 0.464 e. The van der Waals surface area contributed by atoms with Crippen molar-refractivity contribution in [2.24, 2.45) is 11.3 Å². The van der Waals surface area contributed by atoms with Gasteiger partial charge in [0.05, 0.1) is 6.61 Å². The molecule has 0 bridgehead atoms. The van der Waals surface area contributed by atoms with Crippen LogP contribution in [0.2, 0.25) is 0 Å². The molecular weight excluding hydrogens is 302 g/mol. The Kier molecular flexibility index (Phi) is 7.02. The van der Waals surface area contributed by atoms with Crippen LogP contribution in [0.5, 0.6) is 0 Å². The molecule has 0 aromatic carbocycles. The molecule has 126 valence electrons. The normalized spacial score (nSPS) is 14.9. The van der Waals surface area contributed by atoms with Gasteiger partial charge in [-0.05, 0) is 19.3 Å². The summed E-state index contributed by atoms with van der Waals surface area (Å²) in [5.74, 6) is -2.53. The molecule has 0 aliphatic rings.